The fourth-order valence-corrected chi connectivity index (χ4v) is 1.12. The molecule has 18 heavy (non-hydrogen) atoms. The Morgan fingerprint density at radius 2 is 1.94 bits per heavy atom. The molecule has 1 heterocycles. The molecule has 1 amide bonds. The maximum absolute atomic E-state index is 11.4. The molecule has 0 aliphatic carbocycles. The van der Waals surface area contributed by atoms with Crippen LogP contribution in [0.15, 0.2) is 4.52 Å². The van der Waals surface area contributed by atoms with Gasteiger partial charge in [0.15, 0.2) is 5.82 Å². The Bertz CT molecular complexity index is 398. The van der Waals surface area contributed by atoms with Crippen LogP contribution < -0.4 is 11.1 Å². The van der Waals surface area contributed by atoms with E-state index in [2.05, 4.69) is 15.5 Å². The van der Waals surface area contributed by atoms with Gasteiger partial charge in [-0.25, -0.2) is 0 Å². The lowest BCUT2D eigenvalue weighted by atomic mass is 9.96. The summed E-state index contributed by atoms with van der Waals surface area (Å²) in [5, 5.41) is 6.59. The van der Waals surface area contributed by atoms with E-state index in [0.29, 0.717) is 11.7 Å². The van der Waals surface area contributed by atoms with Gasteiger partial charge in [0, 0.05) is 5.41 Å². The van der Waals surface area contributed by atoms with Crippen molar-refractivity contribution in [3.05, 3.63) is 11.7 Å². The van der Waals surface area contributed by atoms with Crippen molar-refractivity contribution in [2.45, 2.75) is 52.1 Å². The lowest BCUT2D eigenvalue weighted by molar-refractivity contribution is -0.122. The highest BCUT2D eigenvalue weighted by Crippen LogP contribution is 2.20. The standard InChI is InChI=1S/C11H20N4O2.ClH/c1-6(12)8(16)13-7(2)9-14-10(15-17-9)11(3,4)5;/h6-7H,12H2,1-5H3,(H,13,16);1H/t6-,7?;/m0./s1. The molecule has 6 nitrogen and oxygen atoms in total. The molecule has 0 aliphatic rings. The zero-order chi connectivity index (χ0) is 13.2. The number of hydrogen-bond acceptors (Lipinski definition) is 5. The average Bonchev–Trinajstić information content (AvgIpc) is 2.65. The molecule has 0 saturated heterocycles. The largest absolute Gasteiger partial charge is 0.343 e. The smallest absolute Gasteiger partial charge is 0.248 e. The van der Waals surface area contributed by atoms with Crippen molar-refractivity contribution < 1.29 is 9.32 Å². The van der Waals surface area contributed by atoms with Gasteiger partial charge in [0.25, 0.3) is 0 Å². The van der Waals surface area contributed by atoms with Gasteiger partial charge in [0.05, 0.1) is 6.04 Å². The lowest BCUT2D eigenvalue weighted by Gasteiger charge is -2.12. The number of amides is 1. The SMILES string of the molecule is CC(NC(=O)[C@H](C)N)c1nc(C(C)(C)C)no1.Cl. The maximum atomic E-state index is 11.4. The molecule has 7 heteroatoms. The van der Waals surface area contributed by atoms with Gasteiger partial charge >= 0.3 is 0 Å². The van der Waals surface area contributed by atoms with Gasteiger partial charge in [-0.1, -0.05) is 25.9 Å². The first-order chi connectivity index (χ1) is 7.71. The van der Waals surface area contributed by atoms with Crippen LogP contribution >= 0.6 is 12.4 Å². The van der Waals surface area contributed by atoms with E-state index < -0.39 is 6.04 Å². The molecule has 0 fully saturated rings. The van der Waals surface area contributed by atoms with Crippen LogP contribution in [0.25, 0.3) is 0 Å². The molecule has 0 saturated carbocycles. The van der Waals surface area contributed by atoms with Crippen LogP contribution in [0.4, 0.5) is 0 Å². The fraction of sp³-hybridized carbons (Fsp3) is 0.727. The summed E-state index contributed by atoms with van der Waals surface area (Å²) in [6, 6.07) is -0.889. The number of carbonyl (C=O) groups is 1. The fourth-order valence-electron chi connectivity index (χ4n) is 1.12. The summed E-state index contributed by atoms with van der Waals surface area (Å²) in [4.78, 5) is 15.7. The second-order valence-corrected chi connectivity index (χ2v) is 5.23. The van der Waals surface area contributed by atoms with Crippen LogP contribution in [-0.2, 0) is 10.2 Å². The Kier molecular flexibility index (Phi) is 5.76. The third-order valence-corrected chi connectivity index (χ3v) is 2.26. The van der Waals surface area contributed by atoms with Gasteiger partial charge in [-0.3, -0.25) is 4.79 Å². The monoisotopic (exact) mass is 276 g/mol. The molecule has 1 rings (SSSR count). The van der Waals surface area contributed by atoms with Gasteiger partial charge in [-0.05, 0) is 13.8 Å². The Morgan fingerprint density at radius 3 is 2.33 bits per heavy atom. The Balaban J connectivity index is 0.00000289. The number of aromatic nitrogens is 2. The second-order valence-electron chi connectivity index (χ2n) is 5.23. The summed E-state index contributed by atoms with van der Waals surface area (Å²) < 4.78 is 5.12. The molecule has 0 radical (unpaired) electrons. The van der Waals surface area contributed by atoms with Crippen molar-refractivity contribution in [2.24, 2.45) is 5.73 Å². The molecular weight excluding hydrogens is 256 g/mol. The molecule has 0 bridgehead atoms. The van der Waals surface area contributed by atoms with E-state index in [1.165, 1.54) is 0 Å². The number of halogens is 1. The van der Waals surface area contributed by atoms with E-state index in [-0.39, 0.29) is 29.8 Å². The number of nitrogens with zero attached hydrogens (tertiary/aromatic N) is 2. The summed E-state index contributed by atoms with van der Waals surface area (Å²) in [6.45, 7) is 9.38. The number of carbonyl (C=O) groups excluding carboxylic acids is 1. The summed E-state index contributed by atoms with van der Waals surface area (Å²) in [5.41, 5.74) is 5.28. The Labute approximate surface area is 113 Å². The van der Waals surface area contributed by atoms with Crippen LogP contribution in [0, 0.1) is 0 Å². The van der Waals surface area contributed by atoms with Crippen LogP contribution in [0.2, 0.25) is 0 Å². The van der Waals surface area contributed by atoms with Gasteiger partial charge in [-0.15, -0.1) is 12.4 Å². The Morgan fingerprint density at radius 1 is 1.39 bits per heavy atom. The van der Waals surface area contributed by atoms with Crippen molar-refractivity contribution in [1.29, 1.82) is 0 Å². The van der Waals surface area contributed by atoms with Crippen molar-refractivity contribution in [3.63, 3.8) is 0 Å². The number of rotatable bonds is 3. The van der Waals surface area contributed by atoms with E-state index in [1.807, 2.05) is 20.8 Å². The van der Waals surface area contributed by atoms with Gasteiger partial charge in [0.2, 0.25) is 11.8 Å². The van der Waals surface area contributed by atoms with Crippen molar-refractivity contribution in [1.82, 2.24) is 15.5 Å². The molecule has 0 aliphatic heterocycles. The quantitative estimate of drug-likeness (QED) is 0.868. The summed E-state index contributed by atoms with van der Waals surface area (Å²) in [7, 11) is 0. The minimum Gasteiger partial charge on any atom is -0.343 e. The van der Waals surface area contributed by atoms with E-state index in [1.54, 1.807) is 13.8 Å². The normalized spacial score (nSPS) is 14.6. The predicted molar refractivity (Wildman–Crippen MR) is 70.5 cm³/mol. The molecule has 1 aromatic rings. The van der Waals surface area contributed by atoms with Gasteiger partial charge in [0.1, 0.15) is 6.04 Å². The third kappa shape index (κ3) is 4.27. The topological polar surface area (TPSA) is 94.0 Å². The summed E-state index contributed by atoms with van der Waals surface area (Å²) in [6.07, 6.45) is 0. The predicted octanol–water partition coefficient (Wildman–Crippen LogP) is 1.31. The van der Waals surface area contributed by atoms with Crippen molar-refractivity contribution >= 4 is 18.3 Å². The average molecular weight is 277 g/mol. The van der Waals surface area contributed by atoms with Crippen molar-refractivity contribution in [3.8, 4) is 0 Å². The molecule has 0 spiro atoms. The maximum Gasteiger partial charge on any atom is 0.248 e. The minimum absolute atomic E-state index is 0. The first-order valence-corrected chi connectivity index (χ1v) is 5.62. The van der Waals surface area contributed by atoms with Crippen LogP contribution in [0.1, 0.15) is 52.4 Å². The second kappa shape index (κ2) is 6.15. The molecule has 1 aromatic heterocycles. The zero-order valence-electron chi connectivity index (χ0n) is 11.4. The first kappa shape index (κ1) is 16.9. The van der Waals surface area contributed by atoms with E-state index in [9.17, 15) is 4.79 Å². The van der Waals surface area contributed by atoms with Crippen LogP contribution in [-0.4, -0.2) is 22.1 Å². The highest BCUT2D eigenvalue weighted by molar-refractivity contribution is 5.85. The minimum atomic E-state index is -0.553. The summed E-state index contributed by atoms with van der Waals surface area (Å²) in [5.74, 6) is 0.770. The van der Waals surface area contributed by atoms with Gasteiger partial charge < -0.3 is 15.6 Å². The Hall–Kier alpha value is -1.14. The van der Waals surface area contributed by atoms with E-state index in [4.69, 9.17) is 10.3 Å². The molecule has 104 valence electrons. The molecular formula is C11H21ClN4O2. The highest BCUT2D eigenvalue weighted by atomic mass is 35.5. The van der Waals surface area contributed by atoms with Crippen molar-refractivity contribution in [2.75, 3.05) is 0 Å². The zero-order valence-corrected chi connectivity index (χ0v) is 12.2. The molecule has 0 aromatic carbocycles. The number of hydrogen-bond donors (Lipinski definition) is 2. The van der Waals surface area contributed by atoms with Crippen LogP contribution in [0.5, 0.6) is 0 Å². The molecule has 2 atom stereocenters. The molecule has 1 unspecified atom stereocenters. The van der Waals surface area contributed by atoms with E-state index in [0.717, 1.165) is 0 Å². The first-order valence-electron chi connectivity index (χ1n) is 5.62. The summed E-state index contributed by atoms with van der Waals surface area (Å²) >= 11 is 0. The van der Waals surface area contributed by atoms with E-state index >= 15 is 0 Å². The van der Waals surface area contributed by atoms with Gasteiger partial charge in [-0.2, -0.15) is 4.98 Å². The number of nitrogens with two attached hydrogens (primary N) is 1. The third-order valence-electron chi connectivity index (χ3n) is 2.26. The van der Waals surface area contributed by atoms with Crippen LogP contribution in [0.3, 0.4) is 0 Å². The lowest BCUT2D eigenvalue weighted by Crippen LogP contribution is -2.39. The molecule has 3 N–H and O–H groups in total. The number of nitrogens with one attached hydrogen (secondary N) is 1. The highest BCUT2D eigenvalue weighted by Gasteiger charge is 2.24.